The van der Waals surface area contributed by atoms with E-state index < -0.39 is 11.4 Å². The summed E-state index contributed by atoms with van der Waals surface area (Å²) in [6.45, 7) is 2.90. The van der Waals surface area contributed by atoms with Crippen molar-refractivity contribution < 1.29 is 28.9 Å². The molecule has 1 amide bonds. The van der Waals surface area contributed by atoms with Gasteiger partial charge in [-0.1, -0.05) is 0 Å². The summed E-state index contributed by atoms with van der Waals surface area (Å²) in [4.78, 5) is 25.4. The number of hydrogen-bond donors (Lipinski definition) is 1. The summed E-state index contributed by atoms with van der Waals surface area (Å²) >= 11 is 0. The third kappa shape index (κ3) is 3.53. The minimum Gasteiger partial charge on any atom is -0.481 e. The summed E-state index contributed by atoms with van der Waals surface area (Å²) in [5.74, 6) is -0.980. The fourth-order valence-electron chi connectivity index (χ4n) is 3.05. The maximum absolute atomic E-state index is 12.2. The van der Waals surface area contributed by atoms with Crippen LogP contribution in [0.1, 0.15) is 12.8 Å². The third-order valence-corrected chi connectivity index (χ3v) is 4.38. The van der Waals surface area contributed by atoms with Gasteiger partial charge in [0.25, 0.3) is 0 Å². The van der Waals surface area contributed by atoms with Crippen LogP contribution in [-0.2, 0) is 23.8 Å². The zero-order valence-electron chi connectivity index (χ0n) is 12.4. The van der Waals surface area contributed by atoms with Crippen LogP contribution in [0.15, 0.2) is 0 Å². The number of fused-ring (bicyclic) bond motifs is 1. The summed E-state index contributed by atoms with van der Waals surface area (Å²) in [6, 6.07) is 0. The second-order valence-electron chi connectivity index (χ2n) is 5.61. The molecule has 0 bridgehead atoms. The number of nitrogens with zero attached hydrogens (tertiary/aromatic N) is 1. The van der Waals surface area contributed by atoms with Gasteiger partial charge in [-0.3, -0.25) is 9.59 Å². The largest absolute Gasteiger partial charge is 0.481 e. The van der Waals surface area contributed by atoms with Crippen molar-refractivity contribution in [2.24, 2.45) is 11.3 Å². The smallest absolute Gasteiger partial charge is 0.311 e. The quantitative estimate of drug-likeness (QED) is 0.666. The van der Waals surface area contributed by atoms with E-state index in [1.165, 1.54) is 0 Å². The fourth-order valence-corrected chi connectivity index (χ4v) is 3.05. The number of likely N-dealkylation sites (tertiary alicyclic amines) is 1. The molecule has 2 aliphatic heterocycles. The van der Waals surface area contributed by atoms with E-state index in [9.17, 15) is 14.7 Å². The molecular formula is C14H23NO6. The molecule has 7 heteroatoms. The molecule has 0 aromatic heterocycles. The highest BCUT2D eigenvalue weighted by molar-refractivity contribution is 5.81. The van der Waals surface area contributed by atoms with E-state index in [1.807, 2.05) is 0 Å². The van der Waals surface area contributed by atoms with Gasteiger partial charge in [-0.15, -0.1) is 0 Å². The molecular weight excluding hydrogens is 278 g/mol. The third-order valence-electron chi connectivity index (χ3n) is 4.38. The monoisotopic (exact) mass is 301 g/mol. The van der Waals surface area contributed by atoms with Crippen molar-refractivity contribution >= 4 is 11.9 Å². The topological polar surface area (TPSA) is 85.3 Å². The van der Waals surface area contributed by atoms with Crippen LogP contribution < -0.4 is 0 Å². The zero-order valence-corrected chi connectivity index (χ0v) is 12.4. The molecule has 0 aliphatic carbocycles. The molecule has 2 aliphatic rings. The standard InChI is InChI=1S/C14H23NO6/c1-19-6-7-20-4-2-12(16)15-8-11-9-21-5-3-14(11,10-15)13(17)18/h11H,2-10H2,1H3,(H,17,18)/t11-,14+/m0/s1. The molecule has 21 heavy (non-hydrogen) atoms. The normalized spacial score (nSPS) is 28.4. The number of carboxylic acids is 1. The first kappa shape index (κ1) is 16.2. The highest BCUT2D eigenvalue weighted by Gasteiger charge is 2.54. The Morgan fingerprint density at radius 2 is 2.19 bits per heavy atom. The van der Waals surface area contributed by atoms with Gasteiger partial charge in [0.2, 0.25) is 5.91 Å². The number of ether oxygens (including phenoxy) is 3. The number of rotatable bonds is 7. The van der Waals surface area contributed by atoms with Gasteiger partial charge in [0, 0.05) is 32.7 Å². The first-order valence-corrected chi connectivity index (χ1v) is 7.26. The Morgan fingerprint density at radius 3 is 2.86 bits per heavy atom. The lowest BCUT2D eigenvalue weighted by Crippen LogP contribution is -2.45. The van der Waals surface area contributed by atoms with Gasteiger partial charge in [-0.25, -0.2) is 0 Å². The minimum atomic E-state index is -0.829. The first-order chi connectivity index (χ1) is 10.1. The average molecular weight is 301 g/mol. The lowest BCUT2D eigenvalue weighted by atomic mass is 9.74. The Bertz CT molecular complexity index is 388. The van der Waals surface area contributed by atoms with Crippen molar-refractivity contribution in [3.8, 4) is 0 Å². The SMILES string of the molecule is COCCOCCC(=O)N1C[C@H]2COCC[C@@]2(C(=O)O)C1. The van der Waals surface area contributed by atoms with E-state index >= 15 is 0 Å². The molecule has 2 heterocycles. The number of carbonyl (C=O) groups excluding carboxylic acids is 1. The van der Waals surface area contributed by atoms with Crippen LogP contribution >= 0.6 is 0 Å². The summed E-state index contributed by atoms with van der Waals surface area (Å²) in [5.41, 5.74) is -0.829. The molecule has 0 aromatic rings. The number of hydrogen-bond acceptors (Lipinski definition) is 5. The van der Waals surface area contributed by atoms with Gasteiger partial charge in [0.15, 0.2) is 0 Å². The molecule has 0 aromatic carbocycles. The maximum Gasteiger partial charge on any atom is 0.311 e. The minimum absolute atomic E-state index is 0.0533. The Kier molecular flexibility index (Phi) is 5.55. The molecule has 0 radical (unpaired) electrons. The van der Waals surface area contributed by atoms with Gasteiger partial charge in [0.05, 0.1) is 38.3 Å². The van der Waals surface area contributed by atoms with Crippen molar-refractivity contribution in [1.82, 2.24) is 4.90 Å². The molecule has 2 fully saturated rings. The second kappa shape index (κ2) is 7.20. The number of carboxylic acid groups (broad SMARTS) is 1. The van der Waals surface area contributed by atoms with Crippen molar-refractivity contribution in [1.29, 1.82) is 0 Å². The number of aliphatic carboxylic acids is 1. The average Bonchev–Trinajstić information content (AvgIpc) is 2.88. The summed E-state index contributed by atoms with van der Waals surface area (Å²) < 4.78 is 15.5. The van der Waals surface area contributed by atoms with Crippen LogP contribution in [0.4, 0.5) is 0 Å². The molecule has 2 saturated heterocycles. The highest BCUT2D eigenvalue weighted by Crippen LogP contribution is 2.42. The summed E-state index contributed by atoms with van der Waals surface area (Å²) in [5, 5.41) is 9.54. The van der Waals surface area contributed by atoms with Crippen LogP contribution in [-0.4, -0.2) is 75.1 Å². The van der Waals surface area contributed by atoms with Crippen molar-refractivity contribution in [3.63, 3.8) is 0 Å². The lowest BCUT2D eigenvalue weighted by Gasteiger charge is -2.33. The van der Waals surface area contributed by atoms with Gasteiger partial charge >= 0.3 is 5.97 Å². The second-order valence-corrected chi connectivity index (χ2v) is 5.61. The first-order valence-electron chi connectivity index (χ1n) is 7.26. The van der Waals surface area contributed by atoms with E-state index in [0.29, 0.717) is 46.0 Å². The molecule has 0 unspecified atom stereocenters. The number of amides is 1. The number of methoxy groups -OCH3 is 1. The Balaban J connectivity index is 1.85. The molecule has 0 spiro atoms. The highest BCUT2D eigenvalue weighted by atomic mass is 16.5. The van der Waals surface area contributed by atoms with Crippen LogP contribution in [0.25, 0.3) is 0 Å². The molecule has 2 atom stereocenters. The van der Waals surface area contributed by atoms with E-state index in [1.54, 1.807) is 12.0 Å². The maximum atomic E-state index is 12.2. The summed E-state index contributed by atoms with van der Waals surface area (Å²) in [7, 11) is 1.59. The Morgan fingerprint density at radius 1 is 1.38 bits per heavy atom. The van der Waals surface area contributed by atoms with Gasteiger partial charge < -0.3 is 24.2 Å². The zero-order chi connectivity index (χ0) is 15.3. The van der Waals surface area contributed by atoms with E-state index in [-0.39, 0.29) is 24.8 Å². The van der Waals surface area contributed by atoms with Gasteiger partial charge in [0.1, 0.15) is 0 Å². The van der Waals surface area contributed by atoms with E-state index in [4.69, 9.17) is 14.2 Å². The molecule has 2 rings (SSSR count). The predicted octanol–water partition coefficient (Wildman–Crippen LogP) is -0.0108. The Labute approximate surface area is 124 Å². The van der Waals surface area contributed by atoms with Crippen LogP contribution in [0.2, 0.25) is 0 Å². The van der Waals surface area contributed by atoms with Crippen LogP contribution in [0.3, 0.4) is 0 Å². The van der Waals surface area contributed by atoms with Crippen LogP contribution in [0, 0.1) is 11.3 Å². The molecule has 0 saturated carbocycles. The van der Waals surface area contributed by atoms with Crippen molar-refractivity contribution in [2.45, 2.75) is 12.8 Å². The van der Waals surface area contributed by atoms with Crippen molar-refractivity contribution in [3.05, 3.63) is 0 Å². The molecule has 120 valence electrons. The van der Waals surface area contributed by atoms with E-state index in [0.717, 1.165) is 0 Å². The Hall–Kier alpha value is -1.18. The predicted molar refractivity (Wildman–Crippen MR) is 72.9 cm³/mol. The van der Waals surface area contributed by atoms with Gasteiger partial charge in [-0.2, -0.15) is 0 Å². The van der Waals surface area contributed by atoms with Crippen molar-refractivity contribution in [2.75, 3.05) is 53.2 Å². The number of carbonyl (C=O) groups is 2. The molecule has 1 N–H and O–H groups in total. The molecule has 7 nitrogen and oxygen atoms in total. The van der Waals surface area contributed by atoms with E-state index in [2.05, 4.69) is 0 Å². The summed E-state index contributed by atoms with van der Waals surface area (Å²) in [6.07, 6.45) is 0.744. The van der Waals surface area contributed by atoms with Gasteiger partial charge in [-0.05, 0) is 6.42 Å². The lowest BCUT2D eigenvalue weighted by molar-refractivity contribution is -0.157. The van der Waals surface area contributed by atoms with Crippen LogP contribution in [0.5, 0.6) is 0 Å². The fraction of sp³-hybridized carbons (Fsp3) is 0.857.